The molecule has 0 atom stereocenters. The van der Waals surface area contributed by atoms with Crippen molar-refractivity contribution in [3.05, 3.63) is 36.0 Å². The lowest BCUT2D eigenvalue weighted by molar-refractivity contribution is -0.119. The summed E-state index contributed by atoms with van der Waals surface area (Å²) in [5.41, 5.74) is 6.84. The zero-order valence-electron chi connectivity index (χ0n) is 10.5. The molecule has 1 aromatic carbocycles. The molecule has 0 saturated heterocycles. The molecule has 0 unspecified atom stereocenters. The predicted octanol–water partition coefficient (Wildman–Crippen LogP) is 2.22. The second-order valence-corrected chi connectivity index (χ2v) is 4.47. The summed E-state index contributed by atoms with van der Waals surface area (Å²) in [5, 5.41) is 0.987. The molecule has 1 heterocycles. The SMILES string of the molecule is CC(C)c1ccc2cccc(OCC(N)=O)c2n1. The molecule has 18 heavy (non-hydrogen) atoms. The molecule has 1 aromatic heterocycles. The van der Waals surface area contributed by atoms with Gasteiger partial charge in [-0.25, -0.2) is 4.98 Å². The van der Waals surface area contributed by atoms with E-state index in [1.165, 1.54) is 0 Å². The van der Waals surface area contributed by atoms with Crippen molar-refractivity contribution in [2.24, 2.45) is 5.73 Å². The number of ether oxygens (including phenoxy) is 1. The summed E-state index contributed by atoms with van der Waals surface area (Å²) in [7, 11) is 0. The Labute approximate surface area is 106 Å². The van der Waals surface area contributed by atoms with Gasteiger partial charge in [-0.15, -0.1) is 0 Å². The van der Waals surface area contributed by atoms with Gasteiger partial charge in [0, 0.05) is 11.1 Å². The van der Waals surface area contributed by atoms with Gasteiger partial charge >= 0.3 is 0 Å². The summed E-state index contributed by atoms with van der Waals surface area (Å²) in [5.74, 6) is 0.444. The van der Waals surface area contributed by atoms with Crippen molar-refractivity contribution < 1.29 is 9.53 Å². The van der Waals surface area contributed by atoms with Crippen LogP contribution in [0, 0.1) is 0 Å². The third kappa shape index (κ3) is 2.59. The van der Waals surface area contributed by atoms with E-state index in [1.807, 2.05) is 24.3 Å². The van der Waals surface area contributed by atoms with Crippen molar-refractivity contribution in [3.8, 4) is 5.75 Å². The van der Waals surface area contributed by atoms with Crippen LogP contribution in [-0.2, 0) is 4.79 Å². The lowest BCUT2D eigenvalue weighted by Gasteiger charge is -2.10. The fourth-order valence-electron chi connectivity index (χ4n) is 1.72. The number of nitrogens with zero attached hydrogens (tertiary/aromatic N) is 1. The lowest BCUT2D eigenvalue weighted by Crippen LogP contribution is -2.20. The lowest BCUT2D eigenvalue weighted by atomic mass is 10.1. The number of carbonyl (C=O) groups excluding carboxylic acids is 1. The van der Waals surface area contributed by atoms with E-state index in [1.54, 1.807) is 6.07 Å². The molecule has 0 aliphatic heterocycles. The molecular formula is C14H16N2O2. The van der Waals surface area contributed by atoms with Crippen LogP contribution < -0.4 is 10.5 Å². The molecule has 2 aromatic rings. The minimum atomic E-state index is -0.494. The van der Waals surface area contributed by atoms with E-state index in [0.717, 1.165) is 16.6 Å². The number of nitrogens with two attached hydrogens (primary N) is 1. The summed E-state index contributed by atoms with van der Waals surface area (Å²) in [6.45, 7) is 4.04. The topological polar surface area (TPSA) is 65.2 Å². The normalized spacial score (nSPS) is 10.8. The van der Waals surface area contributed by atoms with E-state index in [0.29, 0.717) is 11.7 Å². The van der Waals surface area contributed by atoms with Gasteiger partial charge in [-0.1, -0.05) is 32.0 Å². The Balaban J connectivity index is 2.45. The molecule has 94 valence electrons. The summed E-state index contributed by atoms with van der Waals surface area (Å²) >= 11 is 0. The van der Waals surface area contributed by atoms with Gasteiger partial charge in [0.05, 0.1) is 0 Å². The Hall–Kier alpha value is -2.10. The summed E-state index contributed by atoms with van der Waals surface area (Å²) < 4.78 is 5.38. The number of hydrogen-bond acceptors (Lipinski definition) is 3. The van der Waals surface area contributed by atoms with Gasteiger partial charge < -0.3 is 10.5 Å². The summed E-state index contributed by atoms with van der Waals surface area (Å²) in [6, 6.07) is 9.64. The van der Waals surface area contributed by atoms with Crippen molar-refractivity contribution in [1.82, 2.24) is 4.98 Å². The second-order valence-electron chi connectivity index (χ2n) is 4.47. The first-order chi connectivity index (χ1) is 8.58. The van der Waals surface area contributed by atoms with Gasteiger partial charge in [0.15, 0.2) is 6.61 Å². The van der Waals surface area contributed by atoms with E-state index < -0.39 is 5.91 Å². The standard InChI is InChI=1S/C14H16N2O2/c1-9(2)11-7-6-10-4-3-5-12(14(10)16-11)18-8-13(15)17/h3-7,9H,8H2,1-2H3,(H2,15,17). The Bertz CT molecular complexity index is 579. The van der Waals surface area contributed by atoms with Crippen LogP contribution in [0.4, 0.5) is 0 Å². The highest BCUT2D eigenvalue weighted by atomic mass is 16.5. The van der Waals surface area contributed by atoms with Gasteiger partial charge in [0.25, 0.3) is 5.91 Å². The van der Waals surface area contributed by atoms with E-state index in [4.69, 9.17) is 10.5 Å². The molecule has 2 rings (SSSR count). The summed E-state index contributed by atoms with van der Waals surface area (Å²) in [4.78, 5) is 15.3. The molecule has 4 nitrogen and oxygen atoms in total. The fourth-order valence-corrected chi connectivity index (χ4v) is 1.72. The van der Waals surface area contributed by atoms with Gasteiger partial charge in [0.2, 0.25) is 0 Å². The molecule has 0 saturated carbocycles. The van der Waals surface area contributed by atoms with Gasteiger partial charge in [-0.05, 0) is 18.1 Å². The largest absolute Gasteiger partial charge is 0.481 e. The van der Waals surface area contributed by atoms with Gasteiger partial charge in [-0.2, -0.15) is 0 Å². The molecule has 2 N–H and O–H groups in total. The summed E-state index contributed by atoms with van der Waals surface area (Å²) in [6.07, 6.45) is 0. The molecule has 0 bridgehead atoms. The number of amides is 1. The number of carbonyl (C=O) groups is 1. The molecule has 0 radical (unpaired) electrons. The van der Waals surface area contributed by atoms with Crippen LogP contribution in [0.15, 0.2) is 30.3 Å². The van der Waals surface area contributed by atoms with Crippen LogP contribution in [0.5, 0.6) is 5.75 Å². The highest BCUT2D eigenvalue weighted by Crippen LogP contribution is 2.25. The van der Waals surface area contributed by atoms with Gasteiger partial charge in [-0.3, -0.25) is 4.79 Å². The number of para-hydroxylation sites is 1. The van der Waals surface area contributed by atoms with E-state index in [9.17, 15) is 4.79 Å². The van der Waals surface area contributed by atoms with E-state index in [-0.39, 0.29) is 6.61 Å². The van der Waals surface area contributed by atoms with Crippen molar-refractivity contribution in [1.29, 1.82) is 0 Å². The molecule has 4 heteroatoms. The quantitative estimate of drug-likeness (QED) is 0.896. The second kappa shape index (κ2) is 5.04. The van der Waals surface area contributed by atoms with E-state index in [2.05, 4.69) is 18.8 Å². The molecular weight excluding hydrogens is 228 g/mol. The Kier molecular flexibility index (Phi) is 3.46. The van der Waals surface area contributed by atoms with Crippen molar-refractivity contribution in [3.63, 3.8) is 0 Å². The number of aromatic nitrogens is 1. The Morgan fingerprint density at radius 2 is 2.11 bits per heavy atom. The predicted molar refractivity (Wildman–Crippen MR) is 70.5 cm³/mol. The molecule has 0 aliphatic carbocycles. The minimum Gasteiger partial charge on any atom is -0.481 e. The number of benzene rings is 1. The van der Waals surface area contributed by atoms with Crippen LogP contribution in [0.2, 0.25) is 0 Å². The third-order valence-corrected chi connectivity index (χ3v) is 2.67. The smallest absolute Gasteiger partial charge is 0.255 e. The van der Waals surface area contributed by atoms with Crippen LogP contribution in [-0.4, -0.2) is 17.5 Å². The van der Waals surface area contributed by atoms with Crippen LogP contribution in [0.3, 0.4) is 0 Å². The Morgan fingerprint density at radius 1 is 1.33 bits per heavy atom. The highest BCUT2D eigenvalue weighted by molar-refractivity contribution is 5.85. The maximum atomic E-state index is 10.8. The van der Waals surface area contributed by atoms with Crippen molar-refractivity contribution in [2.45, 2.75) is 19.8 Å². The zero-order chi connectivity index (χ0) is 13.1. The maximum Gasteiger partial charge on any atom is 0.255 e. The molecule has 0 spiro atoms. The van der Waals surface area contributed by atoms with Crippen LogP contribution in [0.25, 0.3) is 10.9 Å². The fraction of sp³-hybridized carbons (Fsp3) is 0.286. The van der Waals surface area contributed by atoms with E-state index >= 15 is 0 Å². The minimum absolute atomic E-state index is 0.132. The Morgan fingerprint density at radius 3 is 2.78 bits per heavy atom. The monoisotopic (exact) mass is 244 g/mol. The molecule has 1 amide bonds. The zero-order valence-corrected chi connectivity index (χ0v) is 10.5. The van der Waals surface area contributed by atoms with Crippen LogP contribution >= 0.6 is 0 Å². The maximum absolute atomic E-state index is 10.8. The van der Waals surface area contributed by atoms with Crippen molar-refractivity contribution >= 4 is 16.8 Å². The van der Waals surface area contributed by atoms with Gasteiger partial charge in [0.1, 0.15) is 11.3 Å². The number of primary amides is 1. The number of fused-ring (bicyclic) bond motifs is 1. The molecule has 0 aliphatic rings. The van der Waals surface area contributed by atoms with Crippen molar-refractivity contribution in [2.75, 3.05) is 6.61 Å². The number of pyridine rings is 1. The number of hydrogen-bond donors (Lipinski definition) is 1. The molecule has 0 fully saturated rings. The first-order valence-electron chi connectivity index (χ1n) is 5.88. The van der Waals surface area contributed by atoms with Crippen LogP contribution in [0.1, 0.15) is 25.5 Å². The first-order valence-corrected chi connectivity index (χ1v) is 5.88. The average molecular weight is 244 g/mol. The third-order valence-electron chi connectivity index (χ3n) is 2.67. The average Bonchev–Trinajstić information content (AvgIpc) is 2.35. The highest BCUT2D eigenvalue weighted by Gasteiger charge is 2.08. The number of rotatable bonds is 4. The first kappa shape index (κ1) is 12.4.